The molecule has 2 aromatic carbocycles. The van der Waals surface area contributed by atoms with Gasteiger partial charge in [0.2, 0.25) is 11.1 Å². The zero-order valence-corrected chi connectivity index (χ0v) is 18.2. The lowest BCUT2D eigenvalue weighted by molar-refractivity contribution is -0.131. The number of hydrogen-bond acceptors (Lipinski definition) is 6. The Kier molecular flexibility index (Phi) is 5.55. The first-order chi connectivity index (χ1) is 15.2. The summed E-state index contributed by atoms with van der Waals surface area (Å²) in [6.07, 6.45) is 3.33. The molecular formula is C23H25N5O2S. The van der Waals surface area contributed by atoms with Gasteiger partial charge in [-0.25, -0.2) is 4.68 Å². The van der Waals surface area contributed by atoms with E-state index in [1.54, 1.807) is 7.11 Å². The molecule has 0 aliphatic carbocycles. The fourth-order valence-corrected chi connectivity index (χ4v) is 5.34. The molecular weight excluding hydrogens is 410 g/mol. The standard InChI is InChI=1S/C23H25N5O2S/c1-30-18-12-10-16(11-13-18)19-20(22(29)27-14-6-3-7-15-27)31-23-25-24-21(28(23)26-19)17-8-4-2-5-9-17/h2,4-5,8-13,19-20,26H,3,6-7,14-15H2,1H3/t19-,20+/m0/s1. The van der Waals surface area contributed by atoms with Crippen molar-refractivity contribution in [3.8, 4) is 17.1 Å². The van der Waals surface area contributed by atoms with Crippen LogP contribution in [0.5, 0.6) is 5.75 Å². The van der Waals surface area contributed by atoms with E-state index in [1.165, 1.54) is 18.2 Å². The summed E-state index contributed by atoms with van der Waals surface area (Å²) in [6, 6.07) is 17.7. The third-order valence-corrected chi connectivity index (χ3v) is 7.06. The zero-order chi connectivity index (χ0) is 21.2. The number of aromatic nitrogens is 3. The van der Waals surface area contributed by atoms with Gasteiger partial charge in [0.05, 0.1) is 13.2 Å². The quantitative estimate of drug-likeness (QED) is 0.673. The molecule has 8 heteroatoms. The summed E-state index contributed by atoms with van der Waals surface area (Å²) in [5, 5.41) is 9.20. The van der Waals surface area contributed by atoms with Crippen LogP contribution in [0.15, 0.2) is 59.8 Å². The maximum Gasteiger partial charge on any atom is 0.238 e. The summed E-state index contributed by atoms with van der Waals surface area (Å²) in [4.78, 5) is 15.5. The van der Waals surface area contributed by atoms with Gasteiger partial charge < -0.3 is 15.1 Å². The molecule has 5 rings (SSSR count). The fourth-order valence-electron chi connectivity index (χ4n) is 4.17. The molecule has 0 saturated carbocycles. The molecule has 3 heterocycles. The lowest BCUT2D eigenvalue weighted by Crippen LogP contribution is -2.47. The Bertz CT molecular complexity index is 1050. The van der Waals surface area contributed by atoms with Crippen LogP contribution in [0.4, 0.5) is 0 Å². The molecule has 7 nitrogen and oxygen atoms in total. The van der Waals surface area contributed by atoms with E-state index in [-0.39, 0.29) is 17.2 Å². The predicted octanol–water partition coefficient (Wildman–Crippen LogP) is 3.73. The molecule has 0 radical (unpaired) electrons. The summed E-state index contributed by atoms with van der Waals surface area (Å²) < 4.78 is 7.23. The minimum Gasteiger partial charge on any atom is -0.497 e. The molecule has 0 unspecified atom stereocenters. The first-order valence-corrected chi connectivity index (χ1v) is 11.5. The second-order valence-corrected chi connectivity index (χ2v) is 8.92. The van der Waals surface area contributed by atoms with E-state index in [0.29, 0.717) is 5.16 Å². The van der Waals surface area contributed by atoms with Gasteiger partial charge >= 0.3 is 0 Å². The van der Waals surface area contributed by atoms with Gasteiger partial charge in [-0.1, -0.05) is 54.2 Å². The summed E-state index contributed by atoms with van der Waals surface area (Å²) in [5.74, 6) is 1.69. The van der Waals surface area contributed by atoms with Crippen LogP contribution in [0, 0.1) is 0 Å². The maximum absolute atomic E-state index is 13.5. The molecule has 1 fully saturated rings. The molecule has 1 amide bonds. The highest BCUT2D eigenvalue weighted by Crippen LogP contribution is 2.40. The summed E-state index contributed by atoms with van der Waals surface area (Å²) in [5.41, 5.74) is 5.56. The molecule has 1 saturated heterocycles. The van der Waals surface area contributed by atoms with Gasteiger partial charge in [-0.3, -0.25) is 4.79 Å². The van der Waals surface area contributed by atoms with Gasteiger partial charge in [0.25, 0.3) is 0 Å². The third-order valence-electron chi connectivity index (χ3n) is 5.85. The van der Waals surface area contributed by atoms with Crippen molar-refractivity contribution in [1.29, 1.82) is 0 Å². The van der Waals surface area contributed by atoms with Crippen molar-refractivity contribution in [2.24, 2.45) is 0 Å². The van der Waals surface area contributed by atoms with Crippen molar-refractivity contribution in [3.05, 3.63) is 60.2 Å². The van der Waals surface area contributed by atoms with E-state index in [1.807, 2.05) is 64.2 Å². The number of fused-ring (bicyclic) bond motifs is 1. The summed E-state index contributed by atoms with van der Waals surface area (Å²) >= 11 is 1.49. The number of nitrogens with zero attached hydrogens (tertiary/aromatic N) is 4. The van der Waals surface area contributed by atoms with Gasteiger partial charge in [-0.2, -0.15) is 0 Å². The highest BCUT2D eigenvalue weighted by Gasteiger charge is 2.40. The fraction of sp³-hybridized carbons (Fsp3) is 0.348. The molecule has 2 aliphatic heterocycles. The lowest BCUT2D eigenvalue weighted by Gasteiger charge is -2.37. The number of carbonyl (C=O) groups excluding carboxylic acids is 1. The molecule has 0 spiro atoms. The third kappa shape index (κ3) is 3.87. The highest BCUT2D eigenvalue weighted by molar-refractivity contribution is 8.00. The van der Waals surface area contributed by atoms with Gasteiger partial charge in [-0.05, 0) is 37.0 Å². The Hall–Kier alpha value is -3.00. The van der Waals surface area contributed by atoms with Crippen LogP contribution in [0.2, 0.25) is 0 Å². The van der Waals surface area contributed by atoms with E-state index in [0.717, 1.165) is 48.6 Å². The Morgan fingerprint density at radius 2 is 1.77 bits per heavy atom. The smallest absolute Gasteiger partial charge is 0.238 e. The van der Waals surface area contributed by atoms with Crippen LogP contribution in [-0.2, 0) is 4.79 Å². The Morgan fingerprint density at radius 3 is 2.48 bits per heavy atom. The monoisotopic (exact) mass is 435 g/mol. The lowest BCUT2D eigenvalue weighted by atomic mass is 10.0. The molecule has 1 aromatic heterocycles. The van der Waals surface area contributed by atoms with E-state index in [2.05, 4.69) is 15.6 Å². The molecule has 2 aliphatic rings. The van der Waals surface area contributed by atoms with Gasteiger partial charge in [-0.15, -0.1) is 10.2 Å². The molecule has 160 valence electrons. The molecule has 0 bridgehead atoms. The van der Waals surface area contributed by atoms with Crippen LogP contribution in [0.25, 0.3) is 11.4 Å². The van der Waals surface area contributed by atoms with Crippen LogP contribution in [0.3, 0.4) is 0 Å². The van der Waals surface area contributed by atoms with E-state index in [9.17, 15) is 4.79 Å². The predicted molar refractivity (Wildman–Crippen MR) is 121 cm³/mol. The van der Waals surface area contributed by atoms with Crippen molar-refractivity contribution in [2.45, 2.75) is 35.7 Å². The Balaban J connectivity index is 1.52. The normalized spacial score (nSPS) is 20.6. The number of rotatable bonds is 4. The minimum atomic E-state index is -0.313. The Morgan fingerprint density at radius 1 is 1.03 bits per heavy atom. The van der Waals surface area contributed by atoms with Crippen LogP contribution in [-0.4, -0.2) is 51.1 Å². The van der Waals surface area contributed by atoms with Crippen molar-refractivity contribution in [2.75, 3.05) is 25.6 Å². The number of likely N-dealkylation sites (tertiary alicyclic amines) is 1. The topological polar surface area (TPSA) is 72.3 Å². The maximum atomic E-state index is 13.5. The van der Waals surface area contributed by atoms with Crippen LogP contribution in [0.1, 0.15) is 30.9 Å². The number of carbonyl (C=O) groups is 1. The number of ether oxygens (including phenoxy) is 1. The van der Waals surface area contributed by atoms with Crippen molar-refractivity contribution < 1.29 is 9.53 Å². The number of methoxy groups -OCH3 is 1. The second kappa shape index (κ2) is 8.63. The van der Waals surface area contributed by atoms with Gasteiger partial charge in [0.15, 0.2) is 5.82 Å². The van der Waals surface area contributed by atoms with Crippen molar-refractivity contribution in [3.63, 3.8) is 0 Å². The summed E-state index contributed by atoms with van der Waals surface area (Å²) in [7, 11) is 1.65. The number of hydrogen-bond donors (Lipinski definition) is 1. The van der Waals surface area contributed by atoms with Crippen molar-refractivity contribution in [1.82, 2.24) is 19.8 Å². The summed E-state index contributed by atoms with van der Waals surface area (Å²) in [6.45, 7) is 1.65. The molecule has 1 N–H and O–H groups in total. The number of nitrogens with one attached hydrogen (secondary N) is 1. The Labute approximate surface area is 185 Å². The van der Waals surface area contributed by atoms with E-state index in [4.69, 9.17) is 4.74 Å². The number of amides is 1. The van der Waals surface area contributed by atoms with Gasteiger partial charge in [0, 0.05) is 18.7 Å². The number of benzene rings is 2. The van der Waals surface area contributed by atoms with Crippen LogP contribution < -0.4 is 10.2 Å². The first kappa shape index (κ1) is 19.9. The van der Waals surface area contributed by atoms with E-state index >= 15 is 0 Å². The average molecular weight is 436 g/mol. The van der Waals surface area contributed by atoms with Crippen molar-refractivity contribution >= 4 is 17.7 Å². The molecule has 3 aromatic rings. The number of piperidine rings is 1. The highest BCUT2D eigenvalue weighted by atomic mass is 32.2. The number of thioether (sulfide) groups is 1. The SMILES string of the molecule is COc1ccc([C@@H]2Nn3c(nnc3-c3ccccc3)S[C@H]2C(=O)N2CCCCC2)cc1. The first-order valence-electron chi connectivity index (χ1n) is 10.6. The van der Waals surface area contributed by atoms with E-state index < -0.39 is 0 Å². The average Bonchev–Trinajstić information content (AvgIpc) is 3.27. The van der Waals surface area contributed by atoms with Crippen LogP contribution >= 0.6 is 11.8 Å². The minimum absolute atomic E-state index is 0.161. The zero-order valence-electron chi connectivity index (χ0n) is 17.4. The second-order valence-electron chi connectivity index (χ2n) is 7.81. The molecule has 2 atom stereocenters. The molecule has 31 heavy (non-hydrogen) atoms. The largest absolute Gasteiger partial charge is 0.497 e. The van der Waals surface area contributed by atoms with Gasteiger partial charge in [0.1, 0.15) is 11.0 Å².